The van der Waals surface area contributed by atoms with Crippen molar-refractivity contribution < 1.29 is 22.0 Å². The fraction of sp³-hybridized carbons (Fsp3) is 0.167. The van der Waals surface area contributed by atoms with E-state index in [-0.39, 0.29) is 10.6 Å². The fourth-order valence-corrected chi connectivity index (χ4v) is 5.93. The molecule has 0 aliphatic heterocycles. The monoisotopic (exact) mass is 573 g/mol. The molecular weight excluding hydrogens is 548 g/mol. The highest BCUT2D eigenvalue weighted by Crippen LogP contribution is 2.41. The maximum atomic E-state index is 13.9. The maximum absolute atomic E-state index is 13.9. The Balaban J connectivity index is 1.24. The molecule has 2 aromatic heterocycles. The zero-order valence-electron chi connectivity index (χ0n) is 21.9. The number of urea groups is 1. The molecule has 0 saturated heterocycles. The van der Waals surface area contributed by atoms with Gasteiger partial charge < -0.3 is 9.88 Å². The molecule has 1 aliphatic rings. The third kappa shape index (κ3) is 5.40. The lowest BCUT2D eigenvalue weighted by atomic mass is 10.0. The maximum Gasteiger partial charge on any atom is 0.333 e. The number of nitrogens with one attached hydrogen (secondary N) is 2. The average molecular weight is 574 g/mol. The number of hydrogen-bond acceptors (Lipinski definition) is 5. The van der Waals surface area contributed by atoms with Crippen LogP contribution in [0.4, 0.5) is 19.3 Å². The van der Waals surface area contributed by atoms with Crippen LogP contribution >= 0.6 is 0 Å². The first-order valence-corrected chi connectivity index (χ1v) is 14.5. The van der Waals surface area contributed by atoms with Crippen LogP contribution in [0.15, 0.2) is 83.9 Å². The van der Waals surface area contributed by atoms with Gasteiger partial charge in [-0.15, -0.1) is 0 Å². The van der Waals surface area contributed by atoms with Gasteiger partial charge in [-0.05, 0) is 60.7 Å². The van der Waals surface area contributed by atoms with Crippen LogP contribution in [0.25, 0.3) is 22.3 Å². The Hall–Kier alpha value is -4.64. The number of hydrogen-bond donors (Lipinski definition) is 2. The smallest absolute Gasteiger partial charge is 0.308 e. The molecule has 2 N–H and O–H groups in total. The molecule has 11 heteroatoms. The van der Waals surface area contributed by atoms with Gasteiger partial charge in [0.25, 0.3) is 10.0 Å². The molecular formula is C30H25F2N5O3S. The van der Waals surface area contributed by atoms with Crippen LogP contribution in [0.3, 0.4) is 0 Å². The average Bonchev–Trinajstić information content (AvgIpc) is 3.72. The van der Waals surface area contributed by atoms with Crippen molar-refractivity contribution in [1.29, 1.82) is 0 Å². The molecule has 0 radical (unpaired) electrons. The number of pyridine rings is 1. The Kier molecular flexibility index (Phi) is 6.74. The summed E-state index contributed by atoms with van der Waals surface area (Å²) < 4.78 is 57.5. The van der Waals surface area contributed by atoms with Crippen molar-refractivity contribution in [1.82, 2.24) is 19.3 Å². The highest BCUT2D eigenvalue weighted by molar-refractivity contribution is 7.90. The predicted octanol–water partition coefficient (Wildman–Crippen LogP) is 6.12. The summed E-state index contributed by atoms with van der Waals surface area (Å²) >= 11 is 0. The number of aromatic nitrogens is 3. The number of rotatable bonds is 7. The highest BCUT2D eigenvalue weighted by atomic mass is 32.2. The number of amides is 2. The third-order valence-corrected chi connectivity index (χ3v) is 8.39. The summed E-state index contributed by atoms with van der Waals surface area (Å²) in [5.74, 6) is -0.386. The minimum Gasteiger partial charge on any atom is -0.308 e. The molecule has 8 nitrogen and oxygen atoms in total. The zero-order valence-corrected chi connectivity index (χ0v) is 22.8. The van der Waals surface area contributed by atoms with Crippen LogP contribution in [0, 0.1) is 18.6 Å². The molecule has 2 heterocycles. The van der Waals surface area contributed by atoms with Crippen molar-refractivity contribution in [3.8, 4) is 11.1 Å². The number of carbonyl (C=O) groups excluding carboxylic acids is 1. The van der Waals surface area contributed by atoms with Crippen molar-refractivity contribution in [2.24, 2.45) is 0 Å². The van der Waals surface area contributed by atoms with Crippen molar-refractivity contribution in [3.05, 3.63) is 108 Å². The van der Waals surface area contributed by atoms with Gasteiger partial charge in [-0.25, -0.2) is 36.7 Å². The van der Waals surface area contributed by atoms with E-state index in [0.717, 1.165) is 53.1 Å². The van der Waals surface area contributed by atoms with Gasteiger partial charge in [0.05, 0.1) is 17.1 Å². The summed E-state index contributed by atoms with van der Waals surface area (Å²) in [6.45, 7) is 2.60. The van der Waals surface area contributed by atoms with Crippen LogP contribution < -0.4 is 10.0 Å². The number of anilines is 1. The van der Waals surface area contributed by atoms with Gasteiger partial charge in [0.2, 0.25) is 0 Å². The Morgan fingerprint density at radius 2 is 1.78 bits per heavy atom. The van der Waals surface area contributed by atoms with Crippen LogP contribution in [0.1, 0.15) is 35.7 Å². The quantitative estimate of drug-likeness (QED) is 0.244. The molecule has 1 aliphatic carbocycles. The van der Waals surface area contributed by atoms with Crippen molar-refractivity contribution in [2.45, 2.75) is 37.1 Å². The second kappa shape index (κ2) is 10.4. The van der Waals surface area contributed by atoms with E-state index in [4.69, 9.17) is 4.98 Å². The zero-order chi connectivity index (χ0) is 28.7. The first-order chi connectivity index (χ1) is 19.7. The SMILES string of the molecule is Cc1ccnc2c1nc(C1CC1)n2Cc1ccc(-c2ccccc2S(=O)(=O)NC(=O)Nc2ccc(F)cc2F)cc1. The summed E-state index contributed by atoms with van der Waals surface area (Å²) in [7, 11) is -4.35. The molecule has 2 amide bonds. The fourth-order valence-electron chi connectivity index (χ4n) is 4.79. The second-order valence-corrected chi connectivity index (χ2v) is 11.7. The number of imidazole rings is 1. The number of nitrogens with zero attached hydrogens (tertiary/aromatic N) is 3. The second-order valence-electron chi connectivity index (χ2n) is 10.0. The van der Waals surface area contributed by atoms with Crippen LogP contribution in [-0.4, -0.2) is 29.0 Å². The first kappa shape index (κ1) is 26.6. The lowest BCUT2D eigenvalue weighted by molar-refractivity contribution is 0.256. The standard InChI is InChI=1S/C30H25F2N5O3S/c1-18-14-15-33-29-27(18)35-28(21-10-11-21)37(29)17-19-6-8-20(9-7-19)23-4-2-3-5-26(23)41(39,40)36-30(38)34-25-13-12-22(31)16-24(25)32/h2-9,12-16,21H,10-11,17H2,1H3,(H2,34,36,38). The third-order valence-electron chi connectivity index (χ3n) is 7.00. The van der Waals surface area contributed by atoms with Gasteiger partial charge >= 0.3 is 6.03 Å². The molecule has 1 saturated carbocycles. The Labute approximate surface area is 235 Å². The molecule has 0 unspecified atom stereocenters. The molecule has 6 rings (SSSR count). The van der Waals surface area contributed by atoms with Gasteiger partial charge in [0.1, 0.15) is 23.0 Å². The molecule has 0 atom stereocenters. The van der Waals surface area contributed by atoms with E-state index in [1.165, 1.54) is 6.07 Å². The number of halogens is 2. The summed E-state index contributed by atoms with van der Waals surface area (Å²) in [5.41, 5.74) is 4.49. The highest BCUT2D eigenvalue weighted by Gasteiger charge is 2.30. The summed E-state index contributed by atoms with van der Waals surface area (Å²) in [5, 5.41) is 2.10. The molecule has 41 heavy (non-hydrogen) atoms. The molecule has 1 fully saturated rings. The number of fused-ring (bicyclic) bond motifs is 1. The molecule has 3 aromatic carbocycles. The van der Waals surface area contributed by atoms with Gasteiger partial charge in [-0.2, -0.15) is 0 Å². The van der Waals surface area contributed by atoms with Crippen molar-refractivity contribution in [2.75, 3.05) is 5.32 Å². The van der Waals surface area contributed by atoms with Crippen molar-refractivity contribution in [3.63, 3.8) is 0 Å². The van der Waals surface area contributed by atoms with Gasteiger partial charge in [0.15, 0.2) is 5.65 Å². The Morgan fingerprint density at radius 1 is 1.02 bits per heavy atom. The Bertz CT molecular complexity index is 1900. The lowest BCUT2D eigenvalue weighted by Crippen LogP contribution is -2.34. The largest absolute Gasteiger partial charge is 0.333 e. The molecule has 0 bridgehead atoms. The van der Waals surface area contributed by atoms with Crippen molar-refractivity contribution >= 4 is 32.9 Å². The molecule has 0 spiro atoms. The van der Waals surface area contributed by atoms with Gasteiger partial charge in [-0.1, -0.05) is 42.5 Å². The van der Waals surface area contributed by atoms with E-state index in [0.29, 0.717) is 29.7 Å². The van der Waals surface area contributed by atoms with Gasteiger partial charge in [0, 0.05) is 23.7 Å². The van der Waals surface area contributed by atoms with Gasteiger partial charge in [-0.3, -0.25) is 0 Å². The first-order valence-electron chi connectivity index (χ1n) is 13.0. The molecule has 5 aromatic rings. The topological polar surface area (TPSA) is 106 Å². The number of carbonyl (C=O) groups is 1. The van der Waals surface area contributed by atoms with E-state index in [1.807, 2.05) is 42.0 Å². The minimum absolute atomic E-state index is 0.126. The van der Waals surface area contributed by atoms with E-state index in [2.05, 4.69) is 14.9 Å². The predicted molar refractivity (Wildman–Crippen MR) is 151 cm³/mol. The van der Waals surface area contributed by atoms with Crippen LogP contribution in [0.5, 0.6) is 0 Å². The Morgan fingerprint density at radius 3 is 2.51 bits per heavy atom. The summed E-state index contributed by atoms with van der Waals surface area (Å²) in [6, 6.07) is 17.1. The van der Waals surface area contributed by atoms with Crippen LogP contribution in [-0.2, 0) is 16.6 Å². The minimum atomic E-state index is -4.35. The van der Waals surface area contributed by atoms with E-state index in [1.54, 1.807) is 24.4 Å². The number of sulfonamides is 1. The summed E-state index contributed by atoms with van der Waals surface area (Å²) in [4.78, 5) is 21.8. The van der Waals surface area contributed by atoms with Crippen LogP contribution in [0.2, 0.25) is 0 Å². The normalized spacial score (nSPS) is 13.3. The summed E-state index contributed by atoms with van der Waals surface area (Å²) in [6.07, 6.45) is 4.01. The number of aryl methyl sites for hydroxylation is 1. The lowest BCUT2D eigenvalue weighted by Gasteiger charge is -2.13. The van der Waals surface area contributed by atoms with E-state index >= 15 is 0 Å². The number of benzene rings is 3. The van der Waals surface area contributed by atoms with E-state index in [9.17, 15) is 22.0 Å². The molecule has 208 valence electrons. The van der Waals surface area contributed by atoms with E-state index < -0.39 is 27.7 Å².